The number of nitrogens with one attached hydrogen (secondary N) is 1. The topological polar surface area (TPSA) is 86.8 Å². The Bertz CT molecular complexity index is 1530. The summed E-state index contributed by atoms with van der Waals surface area (Å²) in [6.07, 6.45) is -3.63. The quantitative estimate of drug-likeness (QED) is 0.232. The molecule has 1 atom stereocenters. The number of sulfonamides is 1. The Morgan fingerprint density at radius 3 is 2.11 bits per heavy atom. The summed E-state index contributed by atoms with van der Waals surface area (Å²) in [5, 5.41) is 2.98. The van der Waals surface area contributed by atoms with Crippen LogP contribution in [0.4, 0.5) is 18.9 Å². The lowest BCUT2D eigenvalue weighted by Crippen LogP contribution is -2.54. The number of anilines is 1. The summed E-state index contributed by atoms with van der Waals surface area (Å²) in [5.74, 6) is -0.732. The van der Waals surface area contributed by atoms with E-state index in [4.69, 9.17) is 0 Å². The molecule has 0 aliphatic heterocycles. The fourth-order valence-corrected chi connectivity index (χ4v) is 5.86. The molecule has 0 heterocycles. The Morgan fingerprint density at radius 2 is 1.55 bits per heavy atom. The predicted molar refractivity (Wildman–Crippen MR) is 169 cm³/mol. The van der Waals surface area contributed by atoms with Crippen molar-refractivity contribution < 1.29 is 31.2 Å². The summed E-state index contributed by atoms with van der Waals surface area (Å²) < 4.78 is 66.9. The number of nitrogens with zero attached hydrogens (tertiary/aromatic N) is 2. The molecule has 12 heteroatoms. The van der Waals surface area contributed by atoms with E-state index in [1.54, 1.807) is 0 Å². The van der Waals surface area contributed by atoms with E-state index in [0.717, 1.165) is 44.4 Å². The Morgan fingerprint density at radius 1 is 0.909 bits per heavy atom. The second-order valence-corrected chi connectivity index (χ2v) is 14.4. The molecule has 3 aromatic carbocycles. The third-order valence-corrected chi connectivity index (χ3v) is 8.37. The van der Waals surface area contributed by atoms with Crippen LogP contribution >= 0.6 is 15.9 Å². The standard InChI is InChI=1S/C32H37BrF3N3O4S/c1-31(2,3)37-30(41)28(20-23-10-6-5-7-11-23)38(22-24-15-17-26(33)18-16-24)29(40)14-9-19-39(44(4,42)43)27-13-8-12-25(21-27)32(34,35)36/h5-8,10-13,15-18,21,28H,9,14,19-20,22H2,1-4H3,(H,37,41)/t28-/m1/s1. The van der Waals surface area contributed by atoms with E-state index in [2.05, 4.69) is 21.2 Å². The van der Waals surface area contributed by atoms with Crippen LogP contribution in [-0.4, -0.2) is 49.5 Å². The van der Waals surface area contributed by atoms with Gasteiger partial charge < -0.3 is 10.2 Å². The van der Waals surface area contributed by atoms with Gasteiger partial charge in [-0.1, -0.05) is 64.5 Å². The highest BCUT2D eigenvalue weighted by molar-refractivity contribution is 9.10. The zero-order valence-corrected chi connectivity index (χ0v) is 27.5. The number of rotatable bonds is 12. The van der Waals surface area contributed by atoms with Crippen LogP contribution in [0.1, 0.15) is 50.3 Å². The second kappa shape index (κ2) is 14.6. The minimum atomic E-state index is -4.65. The van der Waals surface area contributed by atoms with Crippen LogP contribution in [0.3, 0.4) is 0 Å². The maximum absolute atomic E-state index is 13.9. The molecule has 0 aromatic heterocycles. The molecule has 7 nitrogen and oxygen atoms in total. The third-order valence-electron chi connectivity index (χ3n) is 6.65. The van der Waals surface area contributed by atoms with Gasteiger partial charge in [-0.2, -0.15) is 13.2 Å². The smallest absolute Gasteiger partial charge is 0.350 e. The lowest BCUT2D eigenvalue weighted by molar-refractivity contribution is -0.142. The zero-order chi connectivity index (χ0) is 32.7. The molecule has 0 saturated carbocycles. The molecule has 3 aromatic rings. The molecule has 0 fully saturated rings. The number of benzene rings is 3. The van der Waals surface area contributed by atoms with Crippen LogP contribution in [0.25, 0.3) is 0 Å². The van der Waals surface area contributed by atoms with E-state index in [1.165, 1.54) is 11.0 Å². The largest absolute Gasteiger partial charge is 0.416 e. The van der Waals surface area contributed by atoms with Gasteiger partial charge in [0.05, 0.1) is 17.5 Å². The van der Waals surface area contributed by atoms with Gasteiger partial charge >= 0.3 is 6.18 Å². The average Bonchev–Trinajstić information content (AvgIpc) is 2.92. The van der Waals surface area contributed by atoms with Gasteiger partial charge in [-0.25, -0.2) is 8.42 Å². The minimum absolute atomic E-state index is 0.0118. The van der Waals surface area contributed by atoms with Crippen molar-refractivity contribution in [1.82, 2.24) is 10.2 Å². The zero-order valence-electron chi connectivity index (χ0n) is 25.1. The molecule has 0 saturated heterocycles. The molecule has 0 aliphatic carbocycles. The lowest BCUT2D eigenvalue weighted by Gasteiger charge is -2.34. The van der Waals surface area contributed by atoms with Gasteiger partial charge in [0.15, 0.2) is 0 Å². The summed E-state index contributed by atoms with van der Waals surface area (Å²) in [4.78, 5) is 29.1. The summed E-state index contributed by atoms with van der Waals surface area (Å²) in [6, 6.07) is 19.8. The Balaban J connectivity index is 1.91. The van der Waals surface area contributed by atoms with E-state index in [0.29, 0.717) is 0 Å². The molecular weight excluding hydrogens is 659 g/mol. The Labute approximate surface area is 265 Å². The summed E-state index contributed by atoms with van der Waals surface area (Å²) in [7, 11) is -3.97. The maximum atomic E-state index is 13.9. The van der Waals surface area contributed by atoms with Gasteiger partial charge in [0.1, 0.15) is 6.04 Å². The number of halogens is 4. The number of hydrogen-bond donors (Lipinski definition) is 1. The van der Waals surface area contributed by atoms with Crippen LogP contribution < -0.4 is 9.62 Å². The van der Waals surface area contributed by atoms with E-state index in [9.17, 15) is 31.2 Å². The first-order valence-corrected chi connectivity index (χ1v) is 16.6. The van der Waals surface area contributed by atoms with Crippen molar-refractivity contribution in [3.05, 3.63) is 100 Å². The van der Waals surface area contributed by atoms with Crippen LogP contribution in [-0.2, 0) is 38.8 Å². The molecule has 44 heavy (non-hydrogen) atoms. The fraction of sp³-hybridized carbons (Fsp3) is 0.375. The molecule has 0 radical (unpaired) electrons. The van der Waals surface area contributed by atoms with Crippen molar-refractivity contribution in [2.45, 2.75) is 64.3 Å². The van der Waals surface area contributed by atoms with Gasteiger partial charge in [0.2, 0.25) is 21.8 Å². The van der Waals surface area contributed by atoms with Crippen molar-refractivity contribution in [3.63, 3.8) is 0 Å². The van der Waals surface area contributed by atoms with E-state index >= 15 is 0 Å². The molecule has 0 unspecified atom stereocenters. The van der Waals surface area contributed by atoms with Crippen molar-refractivity contribution in [2.24, 2.45) is 0 Å². The normalized spacial score (nSPS) is 12.8. The number of carbonyl (C=O) groups excluding carboxylic acids is 2. The van der Waals surface area contributed by atoms with Gasteiger partial charge in [0, 0.05) is 35.9 Å². The highest BCUT2D eigenvalue weighted by atomic mass is 79.9. The number of alkyl halides is 3. The van der Waals surface area contributed by atoms with Gasteiger partial charge in [-0.3, -0.25) is 13.9 Å². The molecule has 238 valence electrons. The van der Waals surface area contributed by atoms with E-state index in [1.807, 2.05) is 75.4 Å². The number of carbonyl (C=O) groups is 2. The first-order valence-electron chi connectivity index (χ1n) is 14.0. The van der Waals surface area contributed by atoms with E-state index in [-0.39, 0.29) is 43.9 Å². The van der Waals surface area contributed by atoms with Gasteiger partial charge in [-0.05, 0) is 68.7 Å². The SMILES string of the molecule is CC(C)(C)NC(=O)[C@@H](Cc1ccccc1)N(Cc1ccc(Br)cc1)C(=O)CCCN(c1cccc(C(F)(F)F)c1)S(C)(=O)=O. The van der Waals surface area contributed by atoms with Gasteiger partial charge in [0.25, 0.3) is 0 Å². The highest BCUT2D eigenvalue weighted by Crippen LogP contribution is 2.32. The molecule has 0 spiro atoms. The molecule has 1 N–H and O–H groups in total. The molecule has 3 rings (SSSR count). The number of hydrogen-bond acceptors (Lipinski definition) is 4. The summed E-state index contributed by atoms with van der Waals surface area (Å²) in [6.45, 7) is 5.43. The monoisotopic (exact) mass is 695 g/mol. The van der Waals surface area contributed by atoms with Crippen LogP contribution in [0, 0.1) is 0 Å². The van der Waals surface area contributed by atoms with Crippen molar-refractivity contribution in [1.29, 1.82) is 0 Å². The molecule has 0 bridgehead atoms. The van der Waals surface area contributed by atoms with Gasteiger partial charge in [-0.15, -0.1) is 0 Å². The summed E-state index contributed by atoms with van der Waals surface area (Å²) >= 11 is 3.41. The predicted octanol–water partition coefficient (Wildman–Crippen LogP) is 6.57. The first kappa shape index (κ1) is 35.1. The fourth-order valence-electron chi connectivity index (χ4n) is 4.63. The van der Waals surface area contributed by atoms with Crippen LogP contribution in [0.5, 0.6) is 0 Å². The van der Waals surface area contributed by atoms with Crippen LogP contribution in [0.15, 0.2) is 83.3 Å². The first-order chi connectivity index (χ1) is 20.4. The molecule has 0 aliphatic rings. The Hall–Kier alpha value is -3.38. The minimum Gasteiger partial charge on any atom is -0.350 e. The van der Waals surface area contributed by atoms with Crippen molar-refractivity contribution in [3.8, 4) is 0 Å². The van der Waals surface area contributed by atoms with Crippen molar-refractivity contribution in [2.75, 3.05) is 17.1 Å². The Kier molecular flexibility index (Phi) is 11.6. The molecule has 2 amide bonds. The van der Waals surface area contributed by atoms with E-state index < -0.39 is 39.3 Å². The maximum Gasteiger partial charge on any atom is 0.416 e. The third kappa shape index (κ3) is 10.7. The lowest BCUT2D eigenvalue weighted by atomic mass is 10.00. The number of amides is 2. The van der Waals surface area contributed by atoms with Crippen LogP contribution in [0.2, 0.25) is 0 Å². The highest BCUT2D eigenvalue weighted by Gasteiger charge is 2.33. The molecular formula is C32H37BrF3N3O4S. The second-order valence-electron chi connectivity index (χ2n) is 11.6. The summed E-state index contributed by atoms with van der Waals surface area (Å²) in [5.41, 5.74) is -0.0610. The average molecular weight is 697 g/mol. The van der Waals surface area contributed by atoms with Crippen molar-refractivity contribution >= 4 is 43.5 Å².